The third-order valence-corrected chi connectivity index (χ3v) is 3.94. The molecule has 1 N–H and O–H groups in total. The lowest BCUT2D eigenvalue weighted by atomic mass is 9.96. The van der Waals surface area contributed by atoms with Gasteiger partial charge in [-0.3, -0.25) is 4.79 Å². The summed E-state index contributed by atoms with van der Waals surface area (Å²) in [4.78, 5) is 14.3. The second-order valence-corrected chi connectivity index (χ2v) is 5.23. The number of nitrogens with one attached hydrogen (secondary N) is 1. The number of methoxy groups -OCH3 is 1. The molecule has 0 radical (unpaired) electrons. The van der Waals surface area contributed by atoms with Gasteiger partial charge >= 0.3 is 0 Å². The molecule has 2 rings (SSSR count). The zero-order chi connectivity index (χ0) is 12.1. The Morgan fingerprint density at radius 2 is 2.06 bits per heavy atom. The van der Waals surface area contributed by atoms with Gasteiger partial charge in [0.05, 0.1) is 6.04 Å². The summed E-state index contributed by atoms with van der Waals surface area (Å²) in [5, 5.41) is 3.34. The van der Waals surface area contributed by atoms with Crippen LogP contribution in [0.25, 0.3) is 0 Å². The van der Waals surface area contributed by atoms with Crippen molar-refractivity contribution in [3.05, 3.63) is 0 Å². The van der Waals surface area contributed by atoms with Crippen LogP contribution in [0.5, 0.6) is 0 Å². The first-order valence-electron chi connectivity index (χ1n) is 6.82. The number of likely N-dealkylation sites (tertiary alicyclic amines) is 1. The zero-order valence-electron chi connectivity index (χ0n) is 10.8. The van der Waals surface area contributed by atoms with Crippen LogP contribution in [0, 0.1) is 5.92 Å². The Morgan fingerprint density at radius 3 is 2.65 bits per heavy atom. The Hall–Kier alpha value is -0.610. The van der Waals surface area contributed by atoms with Crippen LogP contribution in [-0.2, 0) is 9.53 Å². The molecular weight excluding hydrogens is 216 g/mol. The van der Waals surface area contributed by atoms with Crippen LogP contribution in [0.15, 0.2) is 0 Å². The molecular formula is C13H24N2O2. The molecule has 17 heavy (non-hydrogen) atoms. The topological polar surface area (TPSA) is 41.6 Å². The minimum atomic E-state index is 0.0859. The van der Waals surface area contributed by atoms with Crippen molar-refractivity contribution in [3.8, 4) is 0 Å². The maximum Gasteiger partial charge on any atom is 0.239 e. The average molecular weight is 240 g/mol. The predicted octanol–water partition coefficient (Wildman–Crippen LogP) is 1.01. The molecule has 0 bridgehead atoms. The van der Waals surface area contributed by atoms with Gasteiger partial charge in [-0.25, -0.2) is 0 Å². The van der Waals surface area contributed by atoms with Crippen LogP contribution in [-0.4, -0.2) is 50.2 Å². The van der Waals surface area contributed by atoms with Gasteiger partial charge in [0, 0.05) is 26.8 Å². The van der Waals surface area contributed by atoms with Gasteiger partial charge < -0.3 is 15.0 Å². The summed E-state index contributed by atoms with van der Waals surface area (Å²) < 4.78 is 5.18. The van der Waals surface area contributed by atoms with Crippen LogP contribution < -0.4 is 5.32 Å². The molecule has 0 aromatic rings. The van der Waals surface area contributed by atoms with E-state index in [2.05, 4.69) is 5.32 Å². The van der Waals surface area contributed by atoms with Crippen molar-refractivity contribution in [2.75, 3.05) is 33.4 Å². The minimum Gasteiger partial charge on any atom is -0.384 e. The Labute approximate surface area is 104 Å². The van der Waals surface area contributed by atoms with E-state index in [1.54, 1.807) is 7.11 Å². The summed E-state index contributed by atoms with van der Waals surface area (Å²) in [6.07, 6.45) is 5.58. The standard InChI is InChI=1S/C13H24N2O2/c1-17-10-11-5-8-15(9-6-11)13(16)12-4-2-3-7-14-12/h11-12,14H,2-10H2,1H3. The fourth-order valence-electron chi connectivity index (χ4n) is 2.84. The van der Waals surface area contributed by atoms with Gasteiger partial charge in [0.15, 0.2) is 0 Å². The number of rotatable bonds is 3. The number of carbonyl (C=O) groups is 1. The van der Waals surface area contributed by atoms with Gasteiger partial charge in [0.2, 0.25) is 5.91 Å². The Morgan fingerprint density at radius 1 is 1.29 bits per heavy atom. The van der Waals surface area contributed by atoms with Crippen LogP contribution in [0.1, 0.15) is 32.1 Å². The van der Waals surface area contributed by atoms with Crippen molar-refractivity contribution in [1.29, 1.82) is 0 Å². The SMILES string of the molecule is COCC1CCN(C(=O)C2CCCCN2)CC1. The molecule has 0 aliphatic carbocycles. The molecule has 1 atom stereocenters. The van der Waals surface area contributed by atoms with E-state index in [9.17, 15) is 4.79 Å². The monoisotopic (exact) mass is 240 g/mol. The smallest absolute Gasteiger partial charge is 0.239 e. The quantitative estimate of drug-likeness (QED) is 0.800. The molecule has 1 amide bonds. The predicted molar refractivity (Wildman–Crippen MR) is 66.8 cm³/mol. The van der Waals surface area contributed by atoms with Crippen molar-refractivity contribution in [3.63, 3.8) is 0 Å². The minimum absolute atomic E-state index is 0.0859. The first-order valence-corrected chi connectivity index (χ1v) is 6.82. The molecule has 2 aliphatic heterocycles. The van der Waals surface area contributed by atoms with E-state index in [1.807, 2.05) is 4.90 Å². The van der Waals surface area contributed by atoms with Crippen molar-refractivity contribution >= 4 is 5.91 Å². The third-order valence-electron chi connectivity index (χ3n) is 3.94. The number of hydrogen-bond acceptors (Lipinski definition) is 3. The molecule has 1 unspecified atom stereocenters. The van der Waals surface area contributed by atoms with Crippen LogP contribution in [0.3, 0.4) is 0 Å². The molecule has 0 aromatic carbocycles. The van der Waals surface area contributed by atoms with Gasteiger partial charge in [-0.05, 0) is 38.1 Å². The summed E-state index contributed by atoms with van der Waals surface area (Å²) in [6.45, 7) is 3.65. The highest BCUT2D eigenvalue weighted by atomic mass is 16.5. The Bertz CT molecular complexity index is 244. The van der Waals surface area contributed by atoms with Gasteiger partial charge in [0.25, 0.3) is 0 Å². The molecule has 4 nitrogen and oxygen atoms in total. The summed E-state index contributed by atoms with van der Waals surface area (Å²) in [6, 6.07) is 0.0859. The molecule has 2 heterocycles. The lowest BCUT2D eigenvalue weighted by Gasteiger charge is -2.35. The highest BCUT2D eigenvalue weighted by molar-refractivity contribution is 5.82. The zero-order valence-corrected chi connectivity index (χ0v) is 10.8. The van der Waals surface area contributed by atoms with E-state index in [1.165, 1.54) is 12.8 Å². The molecule has 4 heteroatoms. The van der Waals surface area contributed by atoms with E-state index in [-0.39, 0.29) is 6.04 Å². The number of ether oxygens (including phenoxy) is 1. The maximum absolute atomic E-state index is 12.2. The molecule has 0 spiro atoms. The van der Waals surface area contributed by atoms with Gasteiger partial charge in [-0.2, -0.15) is 0 Å². The normalized spacial score (nSPS) is 27.1. The third kappa shape index (κ3) is 3.42. The molecule has 2 fully saturated rings. The first-order chi connectivity index (χ1) is 8.31. The average Bonchev–Trinajstić information content (AvgIpc) is 2.40. The van der Waals surface area contributed by atoms with E-state index >= 15 is 0 Å². The lowest BCUT2D eigenvalue weighted by Crippen LogP contribution is -2.50. The lowest BCUT2D eigenvalue weighted by molar-refractivity contribution is -0.135. The summed E-state index contributed by atoms with van der Waals surface area (Å²) in [5.74, 6) is 0.962. The Balaban J connectivity index is 1.77. The highest BCUT2D eigenvalue weighted by Gasteiger charge is 2.28. The highest BCUT2D eigenvalue weighted by Crippen LogP contribution is 2.19. The molecule has 0 aromatic heterocycles. The summed E-state index contributed by atoms with van der Waals surface area (Å²) in [7, 11) is 1.75. The van der Waals surface area contributed by atoms with Crippen molar-refractivity contribution in [1.82, 2.24) is 10.2 Å². The largest absolute Gasteiger partial charge is 0.384 e. The van der Waals surface area contributed by atoms with E-state index in [4.69, 9.17) is 4.74 Å². The van der Waals surface area contributed by atoms with Crippen molar-refractivity contribution in [2.24, 2.45) is 5.92 Å². The second kappa shape index (κ2) is 6.36. The van der Waals surface area contributed by atoms with E-state index in [0.29, 0.717) is 11.8 Å². The molecule has 2 aliphatic rings. The van der Waals surface area contributed by atoms with E-state index in [0.717, 1.165) is 45.5 Å². The fourth-order valence-corrected chi connectivity index (χ4v) is 2.84. The number of amides is 1. The van der Waals surface area contributed by atoms with Crippen LogP contribution in [0.2, 0.25) is 0 Å². The number of carbonyl (C=O) groups excluding carboxylic acids is 1. The number of hydrogen-bond donors (Lipinski definition) is 1. The number of nitrogens with zero attached hydrogens (tertiary/aromatic N) is 1. The van der Waals surface area contributed by atoms with Crippen LogP contribution in [0.4, 0.5) is 0 Å². The summed E-state index contributed by atoms with van der Waals surface area (Å²) >= 11 is 0. The first kappa shape index (κ1) is 12.8. The number of piperidine rings is 2. The molecule has 2 saturated heterocycles. The van der Waals surface area contributed by atoms with Crippen LogP contribution >= 0.6 is 0 Å². The fraction of sp³-hybridized carbons (Fsp3) is 0.923. The second-order valence-electron chi connectivity index (χ2n) is 5.23. The van der Waals surface area contributed by atoms with Gasteiger partial charge in [-0.1, -0.05) is 6.42 Å². The van der Waals surface area contributed by atoms with E-state index < -0.39 is 0 Å². The molecule has 0 saturated carbocycles. The van der Waals surface area contributed by atoms with Gasteiger partial charge in [0.1, 0.15) is 0 Å². The van der Waals surface area contributed by atoms with Gasteiger partial charge in [-0.15, -0.1) is 0 Å². The maximum atomic E-state index is 12.2. The molecule has 98 valence electrons. The van der Waals surface area contributed by atoms with Crippen molar-refractivity contribution in [2.45, 2.75) is 38.1 Å². The van der Waals surface area contributed by atoms with Crippen molar-refractivity contribution < 1.29 is 9.53 Å². The summed E-state index contributed by atoms with van der Waals surface area (Å²) in [5.41, 5.74) is 0. The Kier molecular flexibility index (Phi) is 4.80.